The maximum Gasteiger partial charge on any atom is 0.337 e. The molecule has 0 heterocycles. The topological polar surface area (TPSA) is 87.7 Å². The molecule has 27 heavy (non-hydrogen) atoms. The van der Waals surface area contributed by atoms with Gasteiger partial charge in [0.05, 0.1) is 10.6 Å². The number of hydrogen-bond donors (Lipinski definition) is 3. The summed E-state index contributed by atoms with van der Waals surface area (Å²) >= 11 is 5.86. The highest BCUT2D eigenvalue weighted by Crippen LogP contribution is 2.21. The number of ether oxygens (including phenoxy) is 1. The van der Waals surface area contributed by atoms with Gasteiger partial charge in [-0.25, -0.2) is 4.79 Å². The fourth-order valence-corrected chi connectivity index (χ4v) is 2.51. The van der Waals surface area contributed by atoms with Crippen LogP contribution in [0.15, 0.2) is 42.5 Å². The van der Waals surface area contributed by atoms with E-state index in [4.69, 9.17) is 21.4 Å². The van der Waals surface area contributed by atoms with Gasteiger partial charge < -0.3 is 20.5 Å². The van der Waals surface area contributed by atoms with E-state index >= 15 is 0 Å². The van der Waals surface area contributed by atoms with Gasteiger partial charge in [0.2, 0.25) is 0 Å². The van der Waals surface area contributed by atoms with Crippen molar-refractivity contribution in [2.45, 2.75) is 32.9 Å². The van der Waals surface area contributed by atoms with Crippen molar-refractivity contribution in [1.29, 1.82) is 0 Å². The largest absolute Gasteiger partial charge is 0.484 e. The standard InChI is InChI=1S/C20H23ClN2O4/c1-20(2,3)23-18(24)12-27-15-7-4-13(5-8-15)11-22-14-6-9-17(21)16(10-14)19(25)26/h4-10,22H,11-12H2,1-3H3,(H,23,24)(H,25,26). The van der Waals surface area contributed by atoms with Gasteiger partial charge in [-0.2, -0.15) is 0 Å². The van der Waals surface area contributed by atoms with Crippen LogP contribution in [-0.2, 0) is 11.3 Å². The molecule has 0 spiro atoms. The van der Waals surface area contributed by atoms with Gasteiger partial charge in [0.25, 0.3) is 5.91 Å². The van der Waals surface area contributed by atoms with Crippen LogP contribution < -0.4 is 15.4 Å². The van der Waals surface area contributed by atoms with Crippen LogP contribution in [-0.4, -0.2) is 29.1 Å². The Morgan fingerprint density at radius 1 is 1.11 bits per heavy atom. The second-order valence-electron chi connectivity index (χ2n) is 7.08. The molecule has 2 rings (SSSR count). The number of carboxylic acids is 1. The number of anilines is 1. The molecule has 3 N–H and O–H groups in total. The van der Waals surface area contributed by atoms with E-state index in [0.717, 1.165) is 5.56 Å². The van der Waals surface area contributed by atoms with E-state index < -0.39 is 5.97 Å². The summed E-state index contributed by atoms with van der Waals surface area (Å²) in [5.41, 5.74) is 1.40. The number of carbonyl (C=O) groups excluding carboxylic acids is 1. The molecular weight excluding hydrogens is 368 g/mol. The Balaban J connectivity index is 1.88. The van der Waals surface area contributed by atoms with Crippen molar-refractivity contribution in [3.8, 4) is 5.75 Å². The lowest BCUT2D eigenvalue weighted by atomic mass is 10.1. The Morgan fingerprint density at radius 3 is 2.37 bits per heavy atom. The van der Waals surface area contributed by atoms with E-state index in [1.165, 1.54) is 6.07 Å². The highest BCUT2D eigenvalue weighted by molar-refractivity contribution is 6.33. The number of carbonyl (C=O) groups is 2. The summed E-state index contributed by atoms with van der Waals surface area (Å²) in [4.78, 5) is 22.9. The molecule has 0 fully saturated rings. The van der Waals surface area contributed by atoms with Crippen LogP contribution in [0, 0.1) is 0 Å². The van der Waals surface area contributed by atoms with Gasteiger partial charge in [-0.3, -0.25) is 4.79 Å². The van der Waals surface area contributed by atoms with Crippen LogP contribution in [0.1, 0.15) is 36.7 Å². The number of aromatic carboxylic acids is 1. The minimum Gasteiger partial charge on any atom is -0.484 e. The number of nitrogens with one attached hydrogen (secondary N) is 2. The molecule has 0 saturated heterocycles. The zero-order valence-corrected chi connectivity index (χ0v) is 16.3. The predicted octanol–water partition coefficient (Wildman–Crippen LogP) is 3.94. The lowest BCUT2D eigenvalue weighted by Gasteiger charge is -2.20. The van der Waals surface area contributed by atoms with E-state index in [1.54, 1.807) is 24.3 Å². The Labute approximate surface area is 163 Å². The lowest BCUT2D eigenvalue weighted by molar-refractivity contribution is -0.124. The summed E-state index contributed by atoms with van der Waals surface area (Å²) in [5.74, 6) is -0.645. The van der Waals surface area contributed by atoms with E-state index in [2.05, 4.69) is 10.6 Å². The third kappa shape index (κ3) is 6.83. The lowest BCUT2D eigenvalue weighted by Crippen LogP contribution is -2.43. The first-order chi connectivity index (χ1) is 12.6. The molecule has 0 radical (unpaired) electrons. The third-order valence-electron chi connectivity index (χ3n) is 3.50. The van der Waals surface area contributed by atoms with Gasteiger partial charge in [-0.1, -0.05) is 23.7 Å². The zero-order chi connectivity index (χ0) is 20.0. The second-order valence-corrected chi connectivity index (χ2v) is 7.49. The fraction of sp³-hybridized carbons (Fsp3) is 0.300. The number of carboxylic acid groups (broad SMARTS) is 1. The van der Waals surface area contributed by atoms with Crippen molar-refractivity contribution >= 4 is 29.2 Å². The number of rotatable bonds is 7. The van der Waals surface area contributed by atoms with Crippen LogP contribution in [0.5, 0.6) is 5.75 Å². The maximum atomic E-state index is 11.8. The average molecular weight is 391 g/mol. The van der Waals surface area contributed by atoms with Crippen LogP contribution in [0.25, 0.3) is 0 Å². The first-order valence-corrected chi connectivity index (χ1v) is 8.81. The first-order valence-electron chi connectivity index (χ1n) is 8.43. The van der Waals surface area contributed by atoms with Crippen molar-refractivity contribution in [3.63, 3.8) is 0 Å². The van der Waals surface area contributed by atoms with Gasteiger partial charge >= 0.3 is 5.97 Å². The van der Waals surface area contributed by atoms with Gasteiger partial charge in [-0.05, 0) is 56.7 Å². The van der Waals surface area contributed by atoms with Crippen molar-refractivity contribution in [1.82, 2.24) is 5.32 Å². The zero-order valence-electron chi connectivity index (χ0n) is 15.5. The first kappa shape index (κ1) is 20.6. The van der Waals surface area contributed by atoms with E-state index in [9.17, 15) is 9.59 Å². The summed E-state index contributed by atoms with van der Waals surface area (Å²) in [6.45, 7) is 6.19. The molecule has 7 heteroatoms. The number of benzene rings is 2. The van der Waals surface area contributed by atoms with Crippen LogP contribution >= 0.6 is 11.6 Å². The smallest absolute Gasteiger partial charge is 0.337 e. The van der Waals surface area contributed by atoms with Crippen LogP contribution in [0.2, 0.25) is 5.02 Å². The number of hydrogen-bond acceptors (Lipinski definition) is 4. The minimum atomic E-state index is -1.07. The molecule has 0 aromatic heterocycles. The normalized spacial score (nSPS) is 11.0. The molecule has 0 atom stereocenters. The van der Waals surface area contributed by atoms with E-state index in [1.807, 2.05) is 32.9 Å². The van der Waals surface area contributed by atoms with Gasteiger partial charge in [-0.15, -0.1) is 0 Å². The SMILES string of the molecule is CC(C)(C)NC(=O)COc1ccc(CNc2ccc(Cl)c(C(=O)O)c2)cc1. The average Bonchev–Trinajstić information content (AvgIpc) is 2.58. The summed E-state index contributed by atoms with van der Waals surface area (Å²) < 4.78 is 5.47. The highest BCUT2D eigenvalue weighted by Gasteiger charge is 2.14. The molecule has 0 unspecified atom stereocenters. The second kappa shape index (κ2) is 8.77. The van der Waals surface area contributed by atoms with Crippen molar-refractivity contribution in [2.75, 3.05) is 11.9 Å². The third-order valence-corrected chi connectivity index (χ3v) is 3.83. The molecule has 1 amide bonds. The molecule has 144 valence electrons. The quantitative estimate of drug-likeness (QED) is 0.666. The molecule has 0 saturated carbocycles. The molecule has 0 aliphatic heterocycles. The van der Waals surface area contributed by atoms with Crippen molar-refractivity contribution in [3.05, 3.63) is 58.6 Å². The Morgan fingerprint density at radius 2 is 1.78 bits per heavy atom. The summed E-state index contributed by atoms with van der Waals surface area (Å²) in [5, 5.41) is 15.3. The molecule has 0 aliphatic rings. The Bertz CT molecular complexity index is 814. The fourth-order valence-electron chi connectivity index (χ4n) is 2.31. The molecule has 2 aromatic carbocycles. The predicted molar refractivity (Wildman–Crippen MR) is 106 cm³/mol. The van der Waals surface area contributed by atoms with E-state index in [0.29, 0.717) is 18.0 Å². The van der Waals surface area contributed by atoms with Crippen LogP contribution in [0.4, 0.5) is 5.69 Å². The maximum absolute atomic E-state index is 11.8. The van der Waals surface area contributed by atoms with Crippen molar-refractivity contribution < 1.29 is 19.4 Å². The molecule has 2 aromatic rings. The summed E-state index contributed by atoms with van der Waals surface area (Å²) in [7, 11) is 0. The van der Waals surface area contributed by atoms with E-state index in [-0.39, 0.29) is 28.6 Å². The molecule has 0 aliphatic carbocycles. The molecule has 0 bridgehead atoms. The minimum absolute atomic E-state index is 0.0440. The van der Waals surface area contributed by atoms with Crippen molar-refractivity contribution in [2.24, 2.45) is 0 Å². The van der Waals surface area contributed by atoms with Gasteiger partial charge in [0.1, 0.15) is 5.75 Å². The van der Waals surface area contributed by atoms with Gasteiger partial charge in [0, 0.05) is 17.8 Å². The van der Waals surface area contributed by atoms with Crippen LogP contribution in [0.3, 0.4) is 0 Å². The Kier molecular flexibility index (Phi) is 6.69. The summed E-state index contributed by atoms with van der Waals surface area (Å²) in [6, 6.07) is 12.1. The number of amides is 1. The monoisotopic (exact) mass is 390 g/mol. The highest BCUT2D eigenvalue weighted by atomic mass is 35.5. The molecular formula is C20H23ClN2O4. The molecule has 6 nitrogen and oxygen atoms in total. The number of halogens is 1. The summed E-state index contributed by atoms with van der Waals surface area (Å²) in [6.07, 6.45) is 0. The Hall–Kier alpha value is -2.73. The van der Waals surface area contributed by atoms with Gasteiger partial charge in [0.15, 0.2) is 6.61 Å².